The number of amides is 1. The summed E-state index contributed by atoms with van der Waals surface area (Å²) in [5.41, 5.74) is 1.47. The van der Waals surface area contributed by atoms with Crippen molar-refractivity contribution in [2.45, 2.75) is 24.0 Å². The molecule has 9 nitrogen and oxygen atoms in total. The zero-order valence-corrected chi connectivity index (χ0v) is 15.9. The number of methoxy groups -OCH3 is 1. The van der Waals surface area contributed by atoms with E-state index in [2.05, 4.69) is 4.98 Å². The average Bonchev–Trinajstić information content (AvgIpc) is 2.68. The lowest BCUT2D eigenvalue weighted by atomic mass is 10.2. The molecule has 0 aliphatic carbocycles. The van der Waals surface area contributed by atoms with Crippen molar-refractivity contribution in [2.75, 3.05) is 14.2 Å². The molecule has 0 fully saturated rings. The fourth-order valence-corrected chi connectivity index (χ4v) is 3.79. The fourth-order valence-electron chi connectivity index (χ4n) is 2.41. The maximum absolute atomic E-state index is 12.8. The van der Waals surface area contributed by atoms with Crippen molar-refractivity contribution < 1.29 is 27.9 Å². The number of ether oxygens (including phenoxy) is 2. The Kier molecular flexibility index (Phi) is 6.86. The topological polar surface area (TPSA) is 118 Å². The van der Waals surface area contributed by atoms with Crippen molar-refractivity contribution in [2.24, 2.45) is 0 Å². The number of nitrogens with one attached hydrogen (secondary N) is 1. The maximum atomic E-state index is 12.8. The lowest BCUT2D eigenvalue weighted by Gasteiger charge is -2.29. The minimum Gasteiger partial charge on any atom is -0.457 e. The van der Waals surface area contributed by atoms with Gasteiger partial charge in [0, 0.05) is 26.6 Å². The first-order valence-corrected chi connectivity index (χ1v) is 9.38. The van der Waals surface area contributed by atoms with Crippen molar-refractivity contribution in [3.63, 3.8) is 0 Å². The van der Waals surface area contributed by atoms with Crippen LogP contribution in [0.3, 0.4) is 0 Å². The van der Waals surface area contributed by atoms with E-state index < -0.39 is 28.1 Å². The normalized spacial score (nSPS) is 13.8. The minimum atomic E-state index is -4.02. The number of hydrogen-bond donors (Lipinski definition) is 2. The van der Waals surface area contributed by atoms with Crippen molar-refractivity contribution in [1.82, 2.24) is 14.8 Å². The number of pyridine rings is 1. The molecule has 0 spiro atoms. The van der Waals surface area contributed by atoms with Crippen LogP contribution in [0.1, 0.15) is 6.92 Å². The van der Waals surface area contributed by atoms with E-state index in [1.54, 1.807) is 24.5 Å². The molecule has 146 valence electrons. The Labute approximate surface area is 157 Å². The van der Waals surface area contributed by atoms with Gasteiger partial charge in [-0.25, -0.2) is 13.9 Å². The largest absolute Gasteiger partial charge is 0.457 e. The van der Waals surface area contributed by atoms with Gasteiger partial charge in [-0.1, -0.05) is 0 Å². The predicted molar refractivity (Wildman–Crippen MR) is 95.9 cm³/mol. The van der Waals surface area contributed by atoms with Crippen LogP contribution in [-0.2, 0) is 19.6 Å². The molecular formula is C17H21N3O6S. The molecule has 0 aliphatic rings. The summed E-state index contributed by atoms with van der Waals surface area (Å²) in [5.74, 6) is 0.108. The highest BCUT2D eigenvalue weighted by molar-refractivity contribution is 7.89. The number of sulfonamides is 1. The Hall–Kier alpha value is -2.53. The minimum absolute atomic E-state index is 0.0360. The van der Waals surface area contributed by atoms with Gasteiger partial charge in [0.25, 0.3) is 5.91 Å². The van der Waals surface area contributed by atoms with E-state index in [1.165, 1.54) is 50.8 Å². The molecule has 1 aromatic heterocycles. The van der Waals surface area contributed by atoms with Crippen LogP contribution in [0.5, 0.6) is 11.5 Å². The molecule has 2 atom stereocenters. The fraction of sp³-hybridized carbons (Fsp3) is 0.294. The molecule has 0 aliphatic heterocycles. The summed E-state index contributed by atoms with van der Waals surface area (Å²) in [4.78, 5) is 15.8. The van der Waals surface area contributed by atoms with Crippen molar-refractivity contribution in [3.8, 4) is 11.5 Å². The van der Waals surface area contributed by atoms with Gasteiger partial charge in [-0.15, -0.1) is 0 Å². The SMILES string of the molecule is CO[C@H](C)C(C(=O)NO)N(C)S(=O)(=O)c1ccc(Oc2ccncc2)cc1. The van der Waals surface area contributed by atoms with Gasteiger partial charge >= 0.3 is 0 Å². The Morgan fingerprint density at radius 2 is 1.70 bits per heavy atom. The van der Waals surface area contributed by atoms with Crippen molar-refractivity contribution in [1.29, 1.82) is 0 Å². The third-order valence-electron chi connectivity index (χ3n) is 3.97. The van der Waals surface area contributed by atoms with Gasteiger partial charge in [0.2, 0.25) is 10.0 Å². The van der Waals surface area contributed by atoms with E-state index in [1.807, 2.05) is 0 Å². The summed E-state index contributed by atoms with van der Waals surface area (Å²) < 4.78 is 37.2. The third-order valence-corrected chi connectivity index (χ3v) is 5.83. The quantitative estimate of drug-likeness (QED) is 0.512. The monoisotopic (exact) mass is 395 g/mol. The molecule has 1 heterocycles. The van der Waals surface area contributed by atoms with E-state index in [-0.39, 0.29) is 4.90 Å². The van der Waals surface area contributed by atoms with Gasteiger partial charge < -0.3 is 9.47 Å². The van der Waals surface area contributed by atoms with Crippen molar-refractivity contribution in [3.05, 3.63) is 48.8 Å². The molecule has 2 aromatic rings. The second-order valence-electron chi connectivity index (χ2n) is 5.64. The van der Waals surface area contributed by atoms with Crippen LogP contribution in [0.4, 0.5) is 0 Å². The number of hydrogen-bond acceptors (Lipinski definition) is 7. The molecule has 0 radical (unpaired) electrons. The highest BCUT2D eigenvalue weighted by atomic mass is 32.2. The summed E-state index contributed by atoms with van der Waals surface area (Å²) in [6, 6.07) is 7.83. The Balaban J connectivity index is 2.25. The number of benzene rings is 1. The van der Waals surface area contributed by atoms with Gasteiger partial charge in [-0.3, -0.25) is 15.0 Å². The lowest BCUT2D eigenvalue weighted by Crippen LogP contribution is -2.52. The molecule has 10 heteroatoms. The molecule has 1 amide bonds. The van der Waals surface area contributed by atoms with Gasteiger partial charge in [-0.05, 0) is 43.3 Å². The second-order valence-corrected chi connectivity index (χ2v) is 7.64. The number of rotatable bonds is 8. The van der Waals surface area contributed by atoms with Gasteiger partial charge in [-0.2, -0.15) is 4.31 Å². The number of aromatic nitrogens is 1. The van der Waals surface area contributed by atoms with E-state index in [4.69, 9.17) is 14.7 Å². The van der Waals surface area contributed by atoms with Crippen LogP contribution in [0.15, 0.2) is 53.7 Å². The summed E-state index contributed by atoms with van der Waals surface area (Å²) in [7, 11) is -1.44. The average molecular weight is 395 g/mol. The molecule has 27 heavy (non-hydrogen) atoms. The molecule has 1 aromatic carbocycles. The second kappa shape index (κ2) is 8.91. The standard InChI is InChI=1S/C17H21N3O6S/c1-12(25-3)16(17(21)19-22)20(2)27(23,24)15-6-4-13(5-7-15)26-14-8-10-18-11-9-14/h4-12,16,22H,1-3H3,(H,19,21)/t12-,16?/m1/s1. The zero-order valence-electron chi connectivity index (χ0n) is 15.1. The molecular weight excluding hydrogens is 374 g/mol. The van der Waals surface area contributed by atoms with Crippen molar-refractivity contribution >= 4 is 15.9 Å². The molecule has 0 bridgehead atoms. The number of carbonyl (C=O) groups is 1. The van der Waals surface area contributed by atoms with Crippen LogP contribution in [0.2, 0.25) is 0 Å². The predicted octanol–water partition coefficient (Wildman–Crippen LogP) is 1.40. The summed E-state index contributed by atoms with van der Waals surface area (Å²) >= 11 is 0. The Bertz CT molecular complexity index is 858. The van der Waals surface area contributed by atoms with Gasteiger partial charge in [0.05, 0.1) is 11.0 Å². The van der Waals surface area contributed by atoms with Crippen LogP contribution in [-0.4, -0.2) is 55.1 Å². The van der Waals surface area contributed by atoms with Crippen LogP contribution < -0.4 is 10.2 Å². The first-order valence-electron chi connectivity index (χ1n) is 7.94. The van der Waals surface area contributed by atoms with Crippen LogP contribution in [0.25, 0.3) is 0 Å². The van der Waals surface area contributed by atoms with Crippen LogP contribution >= 0.6 is 0 Å². The smallest absolute Gasteiger partial charge is 0.264 e. The van der Waals surface area contributed by atoms with Crippen LogP contribution in [0, 0.1) is 0 Å². The molecule has 2 N–H and O–H groups in total. The van der Waals surface area contributed by atoms with E-state index in [0.717, 1.165) is 4.31 Å². The Morgan fingerprint density at radius 1 is 1.15 bits per heavy atom. The highest BCUT2D eigenvalue weighted by Crippen LogP contribution is 2.24. The number of carbonyl (C=O) groups excluding carboxylic acids is 1. The molecule has 1 unspecified atom stereocenters. The lowest BCUT2D eigenvalue weighted by molar-refractivity contribution is -0.136. The van der Waals surface area contributed by atoms with E-state index in [0.29, 0.717) is 11.5 Å². The number of hydroxylamine groups is 1. The van der Waals surface area contributed by atoms with E-state index in [9.17, 15) is 13.2 Å². The summed E-state index contributed by atoms with van der Waals surface area (Å²) in [6.45, 7) is 1.53. The Morgan fingerprint density at radius 3 is 2.22 bits per heavy atom. The maximum Gasteiger partial charge on any atom is 0.264 e. The molecule has 0 saturated carbocycles. The number of likely N-dealkylation sites (N-methyl/N-ethyl adjacent to an activating group) is 1. The first-order chi connectivity index (χ1) is 12.8. The zero-order chi connectivity index (χ0) is 20.0. The highest BCUT2D eigenvalue weighted by Gasteiger charge is 2.37. The van der Waals surface area contributed by atoms with Gasteiger partial charge in [0.15, 0.2) is 0 Å². The molecule has 2 rings (SSSR count). The first kappa shape index (κ1) is 20.8. The molecule has 0 saturated heterocycles. The van der Waals surface area contributed by atoms with Gasteiger partial charge in [0.1, 0.15) is 17.5 Å². The third kappa shape index (κ3) is 4.80. The number of nitrogens with zero attached hydrogens (tertiary/aromatic N) is 2. The summed E-state index contributed by atoms with van der Waals surface area (Å²) in [5, 5.41) is 8.91. The van der Waals surface area contributed by atoms with E-state index >= 15 is 0 Å². The summed E-state index contributed by atoms with van der Waals surface area (Å²) in [6.07, 6.45) is 2.37.